The van der Waals surface area contributed by atoms with Gasteiger partial charge in [0.15, 0.2) is 0 Å². The highest BCUT2D eigenvalue weighted by Crippen LogP contribution is 2.58. The van der Waals surface area contributed by atoms with E-state index >= 15 is 0 Å². The highest BCUT2D eigenvalue weighted by molar-refractivity contribution is 5.27. The molecule has 1 aromatic carbocycles. The summed E-state index contributed by atoms with van der Waals surface area (Å²) >= 11 is 0. The summed E-state index contributed by atoms with van der Waals surface area (Å²) in [7, 11) is 0. The Morgan fingerprint density at radius 1 is 1.23 bits per heavy atom. The van der Waals surface area contributed by atoms with Crippen LogP contribution in [0, 0.1) is 17.2 Å². The van der Waals surface area contributed by atoms with Gasteiger partial charge in [-0.2, -0.15) is 0 Å². The monoisotopic (exact) mass is 173 g/mol. The first-order valence-corrected chi connectivity index (χ1v) is 4.51. The van der Waals surface area contributed by atoms with Gasteiger partial charge in [-0.05, 0) is 23.3 Å². The molecule has 0 spiro atoms. The molecule has 1 nitrogen and oxygen atoms in total. The molecule has 0 radical (unpaired) electrons. The van der Waals surface area contributed by atoms with Crippen molar-refractivity contribution in [3.05, 3.63) is 35.9 Å². The van der Waals surface area contributed by atoms with Gasteiger partial charge in [-0.3, -0.25) is 0 Å². The number of hydrogen-bond donors (Lipinski definition) is 0. The largest absolute Gasteiger partial charge is 0.202 e. The highest BCUT2D eigenvalue weighted by atomic mass is 14.5. The van der Waals surface area contributed by atoms with E-state index in [2.05, 4.69) is 50.8 Å². The second-order valence-electron chi connectivity index (χ2n) is 4.16. The minimum absolute atomic E-state index is 0.571. The van der Waals surface area contributed by atoms with Crippen LogP contribution in [0.15, 0.2) is 30.3 Å². The summed E-state index contributed by atoms with van der Waals surface area (Å²) in [6.45, 7) is 8.18. The topological polar surface area (TPSA) is 23.8 Å². The molecule has 0 saturated heterocycles. The van der Waals surface area contributed by atoms with Gasteiger partial charge in [-0.1, -0.05) is 44.2 Å². The van der Waals surface area contributed by atoms with E-state index in [0.717, 1.165) is 5.92 Å². The van der Waals surface area contributed by atoms with E-state index in [4.69, 9.17) is 5.26 Å². The quantitative estimate of drug-likeness (QED) is 0.639. The van der Waals surface area contributed by atoms with E-state index < -0.39 is 0 Å². The van der Waals surface area contributed by atoms with Gasteiger partial charge in [0, 0.05) is 6.57 Å². The molecule has 1 fully saturated rings. The second-order valence-corrected chi connectivity index (χ2v) is 4.16. The Bertz CT molecular complexity index is 284. The first kappa shape index (κ1) is 9.80. The zero-order chi connectivity index (χ0) is 9.90. The number of benzene rings is 1. The molecule has 1 saturated carbocycles. The third-order valence-electron chi connectivity index (χ3n) is 2.72. The lowest BCUT2D eigenvalue weighted by atomic mass is 10.0. The zero-order valence-corrected chi connectivity index (χ0v) is 8.20. The van der Waals surface area contributed by atoms with Crippen molar-refractivity contribution in [3.63, 3.8) is 0 Å². The van der Waals surface area contributed by atoms with Crippen LogP contribution in [-0.2, 0) is 0 Å². The van der Waals surface area contributed by atoms with Crippen molar-refractivity contribution in [2.45, 2.75) is 26.2 Å². The van der Waals surface area contributed by atoms with Gasteiger partial charge < -0.3 is 0 Å². The Kier molecular flexibility index (Phi) is 2.72. The third kappa shape index (κ3) is 2.09. The molecular weight excluding hydrogens is 158 g/mol. The van der Waals surface area contributed by atoms with Crippen LogP contribution in [0.1, 0.15) is 31.7 Å². The first-order valence-electron chi connectivity index (χ1n) is 4.51. The number of nitrogens with zero attached hydrogens (tertiary/aromatic N) is 1. The maximum atomic E-state index is 6.50. The van der Waals surface area contributed by atoms with Gasteiger partial charge in [0.05, 0.1) is 0 Å². The van der Waals surface area contributed by atoms with Crippen molar-refractivity contribution < 1.29 is 0 Å². The fraction of sp³-hybridized carbons (Fsp3) is 0.417. The summed E-state index contributed by atoms with van der Waals surface area (Å²) in [4.78, 5) is 0. The summed E-state index contributed by atoms with van der Waals surface area (Å²) in [6.07, 6.45) is 1.36. The predicted octanol–water partition coefficient (Wildman–Crippen LogP) is 3.34. The van der Waals surface area contributed by atoms with Crippen molar-refractivity contribution in [2.24, 2.45) is 5.41 Å². The van der Waals surface area contributed by atoms with E-state index in [-0.39, 0.29) is 0 Å². The highest BCUT2D eigenvalue weighted by Gasteiger charge is 2.46. The number of hydrogen-bond acceptors (Lipinski definition) is 1. The maximum absolute atomic E-state index is 6.50. The van der Waals surface area contributed by atoms with Gasteiger partial charge in [-0.25, -0.2) is 5.26 Å². The van der Waals surface area contributed by atoms with E-state index in [1.807, 2.05) is 0 Å². The Balaban J connectivity index is 0.000000396. The van der Waals surface area contributed by atoms with Gasteiger partial charge in [0.1, 0.15) is 0 Å². The molecule has 13 heavy (non-hydrogen) atoms. The molecule has 1 unspecified atom stereocenters. The minimum atomic E-state index is 0.571. The van der Waals surface area contributed by atoms with Crippen LogP contribution in [0.3, 0.4) is 0 Å². The molecule has 1 atom stereocenters. The molecule has 1 heteroatoms. The molecule has 0 aromatic heterocycles. The fourth-order valence-electron chi connectivity index (χ4n) is 1.72. The van der Waals surface area contributed by atoms with Gasteiger partial charge in [0.25, 0.3) is 0 Å². The SMILES string of the molecule is C#N.CC1(C)CC1c1ccccc1. The first-order chi connectivity index (χ1) is 6.20. The summed E-state index contributed by atoms with van der Waals surface area (Å²) in [5.41, 5.74) is 2.08. The standard InChI is InChI=1S/C11H14.CHN/c1-11(2)8-10(11)9-6-4-3-5-7-9;1-2/h3-7,10H,8H2,1-2H3;1H. The maximum Gasteiger partial charge on any atom is 0.0462 e. The van der Waals surface area contributed by atoms with E-state index in [9.17, 15) is 0 Å². The zero-order valence-electron chi connectivity index (χ0n) is 8.20. The molecule has 2 rings (SSSR count). The lowest BCUT2D eigenvalue weighted by molar-refractivity contribution is 0.622. The number of nitriles is 1. The molecule has 1 aromatic rings. The molecular formula is C12H15N. The second kappa shape index (κ2) is 3.62. The van der Waals surface area contributed by atoms with Gasteiger partial charge in [0.2, 0.25) is 0 Å². The van der Waals surface area contributed by atoms with E-state index in [1.54, 1.807) is 0 Å². The molecule has 0 amide bonds. The van der Waals surface area contributed by atoms with E-state index in [0.29, 0.717) is 5.41 Å². The van der Waals surface area contributed by atoms with Crippen LogP contribution in [0.2, 0.25) is 0 Å². The van der Waals surface area contributed by atoms with Crippen LogP contribution in [-0.4, -0.2) is 0 Å². The molecule has 1 aliphatic carbocycles. The minimum Gasteiger partial charge on any atom is -0.202 e. The van der Waals surface area contributed by atoms with Crippen molar-refractivity contribution in [2.75, 3.05) is 0 Å². The third-order valence-corrected chi connectivity index (χ3v) is 2.72. The molecule has 68 valence electrons. The van der Waals surface area contributed by atoms with Crippen LogP contribution < -0.4 is 0 Å². The molecule has 0 bridgehead atoms. The van der Waals surface area contributed by atoms with E-state index in [1.165, 1.54) is 12.0 Å². The van der Waals surface area contributed by atoms with Crippen LogP contribution in [0.25, 0.3) is 0 Å². The average molecular weight is 173 g/mol. The van der Waals surface area contributed by atoms with Crippen LogP contribution >= 0.6 is 0 Å². The lowest BCUT2D eigenvalue weighted by Gasteiger charge is -2.01. The van der Waals surface area contributed by atoms with Gasteiger partial charge >= 0.3 is 0 Å². The number of rotatable bonds is 1. The molecule has 0 heterocycles. The Hall–Kier alpha value is -1.29. The molecule has 1 aliphatic rings. The van der Waals surface area contributed by atoms with Crippen molar-refractivity contribution in [3.8, 4) is 6.57 Å². The van der Waals surface area contributed by atoms with Crippen molar-refractivity contribution in [1.82, 2.24) is 0 Å². The smallest absolute Gasteiger partial charge is 0.0462 e. The summed E-state index contributed by atoms with van der Waals surface area (Å²) in [6, 6.07) is 10.8. The Morgan fingerprint density at radius 3 is 2.08 bits per heavy atom. The molecule has 0 aliphatic heterocycles. The van der Waals surface area contributed by atoms with Crippen LogP contribution in [0.4, 0.5) is 0 Å². The van der Waals surface area contributed by atoms with Crippen molar-refractivity contribution >= 4 is 0 Å². The predicted molar refractivity (Wildman–Crippen MR) is 54.3 cm³/mol. The summed E-state index contributed by atoms with van der Waals surface area (Å²) < 4.78 is 0. The normalized spacial score (nSPS) is 22.6. The Morgan fingerprint density at radius 2 is 1.69 bits per heavy atom. The van der Waals surface area contributed by atoms with Crippen LogP contribution in [0.5, 0.6) is 0 Å². The summed E-state index contributed by atoms with van der Waals surface area (Å²) in [5, 5.41) is 6.50. The lowest BCUT2D eigenvalue weighted by Crippen LogP contribution is -1.88. The average Bonchev–Trinajstić information content (AvgIpc) is 2.80. The van der Waals surface area contributed by atoms with Crippen molar-refractivity contribution in [1.29, 1.82) is 5.26 Å². The summed E-state index contributed by atoms with van der Waals surface area (Å²) in [5.74, 6) is 0.823. The van der Waals surface area contributed by atoms with Gasteiger partial charge in [-0.15, -0.1) is 0 Å². The molecule has 0 N–H and O–H groups in total. The fourth-order valence-corrected chi connectivity index (χ4v) is 1.72. The Labute approximate surface area is 80.0 Å².